The number of carbonyl (C=O) groups is 1. The van der Waals surface area contributed by atoms with E-state index in [1.54, 1.807) is 0 Å². The van der Waals surface area contributed by atoms with Gasteiger partial charge in [0.25, 0.3) is 0 Å². The van der Waals surface area contributed by atoms with E-state index in [1.807, 2.05) is 13.8 Å². The van der Waals surface area contributed by atoms with Crippen LogP contribution in [0.25, 0.3) is 0 Å². The zero-order valence-corrected chi connectivity index (χ0v) is 8.26. The van der Waals surface area contributed by atoms with Crippen molar-refractivity contribution >= 4 is 19.5 Å². The molecule has 1 atom stereocenters. The van der Waals surface area contributed by atoms with Gasteiger partial charge in [-0.3, -0.25) is 4.79 Å². The highest BCUT2D eigenvalue weighted by molar-refractivity contribution is 7.59. The number of hydrogen-bond donors (Lipinski definition) is 1. The Hall–Kier alpha value is -0.220. The van der Waals surface area contributed by atoms with Gasteiger partial charge in [0.05, 0.1) is 13.5 Å². The molecule has 0 aromatic rings. The highest BCUT2D eigenvalue weighted by Gasteiger charge is 2.12. The second-order valence-electron chi connectivity index (χ2n) is 2.69. The lowest BCUT2D eigenvalue weighted by Crippen LogP contribution is -2.29. The van der Waals surface area contributed by atoms with Gasteiger partial charge >= 0.3 is 5.97 Å². The van der Waals surface area contributed by atoms with Crippen molar-refractivity contribution in [3.05, 3.63) is 0 Å². The van der Waals surface area contributed by atoms with Gasteiger partial charge in [0.1, 0.15) is 0 Å². The number of hydrogen-bond acceptors (Lipinski definition) is 3. The minimum atomic E-state index is -0.235. The van der Waals surface area contributed by atoms with E-state index in [2.05, 4.69) is 4.74 Å². The fourth-order valence-corrected chi connectivity index (χ4v) is 0.511. The van der Waals surface area contributed by atoms with E-state index in [0.717, 1.165) is 0 Å². The van der Waals surface area contributed by atoms with E-state index < -0.39 is 0 Å². The average Bonchev–Trinajstić information content (AvgIpc) is 1.87. The van der Waals surface area contributed by atoms with Gasteiger partial charge in [-0.05, 0) is 5.92 Å². The molecule has 0 rings (SSSR count). The lowest BCUT2D eigenvalue weighted by molar-refractivity contribution is -0.141. The minimum Gasteiger partial charge on any atom is -0.469 e. The molecule has 0 saturated heterocycles. The zero-order valence-electron chi connectivity index (χ0n) is 7.26. The minimum absolute atomic E-state index is 0. The molecule has 0 aliphatic carbocycles. The van der Waals surface area contributed by atoms with E-state index in [4.69, 9.17) is 5.73 Å². The molecule has 0 aromatic heterocycles. The van der Waals surface area contributed by atoms with E-state index >= 15 is 0 Å². The number of nitrogens with two attached hydrogens (primary N) is 1. The molecule has 68 valence electrons. The first-order valence-electron chi connectivity index (χ1n) is 3.40. The Bertz CT molecular complexity index is 117. The van der Waals surface area contributed by atoms with Crippen molar-refractivity contribution in [2.45, 2.75) is 26.3 Å². The third-order valence-electron chi connectivity index (χ3n) is 1.49. The predicted molar refractivity (Wildman–Crippen MR) is 49.8 cm³/mol. The van der Waals surface area contributed by atoms with Crippen LogP contribution in [0.1, 0.15) is 20.3 Å². The second kappa shape index (κ2) is 6.49. The molecule has 0 unspecified atom stereocenters. The fourth-order valence-electron chi connectivity index (χ4n) is 0.511. The van der Waals surface area contributed by atoms with Crippen LogP contribution in [-0.2, 0) is 9.53 Å². The Balaban J connectivity index is 0. The summed E-state index contributed by atoms with van der Waals surface area (Å²) >= 11 is 0. The molecule has 4 heteroatoms. The Morgan fingerprint density at radius 2 is 2.00 bits per heavy atom. The molecule has 2 N–H and O–H groups in total. The smallest absolute Gasteiger partial charge is 0.307 e. The standard InChI is InChI=1S/C7H15NO2.H2S/c1-5(2)6(8)4-7(9)10-3;/h5-6H,4,8H2,1-3H3;1H2/t6-;/m0./s1. The van der Waals surface area contributed by atoms with Crippen LogP contribution in [0.5, 0.6) is 0 Å². The monoisotopic (exact) mass is 179 g/mol. The highest BCUT2D eigenvalue weighted by Crippen LogP contribution is 2.02. The maximum absolute atomic E-state index is 10.6. The third kappa shape index (κ3) is 6.19. The molecule has 11 heavy (non-hydrogen) atoms. The molecule has 0 bridgehead atoms. The summed E-state index contributed by atoms with van der Waals surface area (Å²) in [4.78, 5) is 10.6. The van der Waals surface area contributed by atoms with Crippen LogP contribution in [-0.4, -0.2) is 19.1 Å². The molecule has 0 aliphatic rings. The summed E-state index contributed by atoms with van der Waals surface area (Å²) in [5.41, 5.74) is 5.59. The Morgan fingerprint density at radius 3 is 2.27 bits per heavy atom. The first-order valence-corrected chi connectivity index (χ1v) is 3.40. The van der Waals surface area contributed by atoms with Gasteiger partial charge in [0.15, 0.2) is 0 Å². The van der Waals surface area contributed by atoms with Gasteiger partial charge in [0.2, 0.25) is 0 Å². The number of rotatable bonds is 3. The van der Waals surface area contributed by atoms with Crippen LogP contribution in [0, 0.1) is 5.92 Å². The van der Waals surface area contributed by atoms with Crippen LogP contribution in [0.2, 0.25) is 0 Å². The number of ether oxygens (including phenoxy) is 1. The van der Waals surface area contributed by atoms with E-state index in [1.165, 1.54) is 7.11 Å². The van der Waals surface area contributed by atoms with Gasteiger partial charge in [-0.2, -0.15) is 13.5 Å². The molecule has 0 aliphatic heterocycles. The summed E-state index contributed by atoms with van der Waals surface area (Å²) in [7, 11) is 1.37. The van der Waals surface area contributed by atoms with Crippen molar-refractivity contribution < 1.29 is 9.53 Å². The second-order valence-corrected chi connectivity index (χ2v) is 2.69. The van der Waals surface area contributed by atoms with Crippen molar-refractivity contribution in [1.29, 1.82) is 0 Å². The van der Waals surface area contributed by atoms with Gasteiger partial charge in [-0.15, -0.1) is 0 Å². The molecule has 0 heterocycles. The molecular weight excluding hydrogens is 162 g/mol. The van der Waals surface area contributed by atoms with Crippen molar-refractivity contribution in [3.8, 4) is 0 Å². The Morgan fingerprint density at radius 1 is 1.55 bits per heavy atom. The molecule has 0 radical (unpaired) electrons. The fraction of sp³-hybridized carbons (Fsp3) is 0.857. The van der Waals surface area contributed by atoms with E-state index in [0.29, 0.717) is 12.3 Å². The van der Waals surface area contributed by atoms with Crippen molar-refractivity contribution in [1.82, 2.24) is 0 Å². The highest BCUT2D eigenvalue weighted by atomic mass is 32.1. The topological polar surface area (TPSA) is 52.3 Å². The number of esters is 1. The zero-order chi connectivity index (χ0) is 8.15. The van der Waals surface area contributed by atoms with Gasteiger partial charge in [-0.25, -0.2) is 0 Å². The van der Waals surface area contributed by atoms with Gasteiger partial charge in [-0.1, -0.05) is 13.8 Å². The Labute approximate surface area is 74.7 Å². The van der Waals surface area contributed by atoms with Crippen LogP contribution < -0.4 is 5.73 Å². The molecular formula is C7H17NO2S. The molecule has 0 spiro atoms. The van der Waals surface area contributed by atoms with E-state index in [9.17, 15) is 4.79 Å². The summed E-state index contributed by atoms with van der Waals surface area (Å²) in [6.07, 6.45) is 0.314. The van der Waals surface area contributed by atoms with Crippen molar-refractivity contribution in [2.75, 3.05) is 7.11 Å². The molecule has 0 amide bonds. The number of methoxy groups -OCH3 is 1. The number of carbonyl (C=O) groups excluding carboxylic acids is 1. The SMILES string of the molecule is COC(=O)C[C@H](N)C(C)C.S. The first kappa shape index (κ1) is 13.4. The molecule has 3 nitrogen and oxygen atoms in total. The van der Waals surface area contributed by atoms with Crippen LogP contribution in [0.3, 0.4) is 0 Å². The van der Waals surface area contributed by atoms with Gasteiger partial charge in [0, 0.05) is 6.04 Å². The third-order valence-corrected chi connectivity index (χ3v) is 1.49. The lowest BCUT2D eigenvalue weighted by atomic mass is 10.0. The Kier molecular flexibility index (Phi) is 7.89. The molecule has 0 aromatic carbocycles. The summed E-state index contributed by atoms with van der Waals surface area (Å²) in [6.45, 7) is 3.96. The van der Waals surface area contributed by atoms with Crippen LogP contribution in [0.15, 0.2) is 0 Å². The maximum atomic E-state index is 10.6. The normalized spacial score (nSPS) is 12.1. The first-order chi connectivity index (χ1) is 4.57. The summed E-state index contributed by atoms with van der Waals surface area (Å²) in [5, 5.41) is 0. The summed E-state index contributed by atoms with van der Waals surface area (Å²) in [5.74, 6) is 0.0975. The lowest BCUT2D eigenvalue weighted by Gasteiger charge is -2.12. The summed E-state index contributed by atoms with van der Waals surface area (Å²) in [6, 6.07) is -0.0764. The molecule has 0 saturated carbocycles. The van der Waals surface area contributed by atoms with Crippen molar-refractivity contribution in [3.63, 3.8) is 0 Å². The maximum Gasteiger partial charge on any atom is 0.307 e. The van der Waals surface area contributed by atoms with Crippen LogP contribution in [0.4, 0.5) is 0 Å². The van der Waals surface area contributed by atoms with E-state index in [-0.39, 0.29) is 25.5 Å². The molecule has 0 fully saturated rings. The van der Waals surface area contributed by atoms with Crippen LogP contribution >= 0.6 is 13.5 Å². The average molecular weight is 179 g/mol. The quantitative estimate of drug-likeness (QED) is 0.647. The summed E-state index contributed by atoms with van der Waals surface area (Å²) < 4.78 is 4.45. The van der Waals surface area contributed by atoms with Crippen molar-refractivity contribution in [2.24, 2.45) is 11.7 Å². The van der Waals surface area contributed by atoms with Gasteiger partial charge < -0.3 is 10.5 Å². The largest absolute Gasteiger partial charge is 0.469 e. The predicted octanol–water partition coefficient (Wildman–Crippen LogP) is 0.646.